The van der Waals surface area contributed by atoms with E-state index in [1.807, 2.05) is 4.72 Å². The predicted octanol–water partition coefficient (Wildman–Crippen LogP) is 2.36. The van der Waals surface area contributed by atoms with E-state index in [1.165, 1.54) is 12.1 Å². The number of thioether (sulfide) groups is 1. The monoisotopic (exact) mass is 349 g/mol. The Kier molecular flexibility index (Phi) is 6.14. The molecule has 0 saturated heterocycles. The Hall–Kier alpha value is -0.480. The average molecular weight is 350 g/mol. The molecular weight excluding hydrogens is 339 g/mol. The Morgan fingerprint density at radius 3 is 2.50 bits per heavy atom. The highest BCUT2D eigenvalue weighted by molar-refractivity contribution is 8.00. The van der Waals surface area contributed by atoms with Crippen molar-refractivity contribution in [2.45, 2.75) is 17.0 Å². The van der Waals surface area contributed by atoms with Gasteiger partial charge in [-0.3, -0.25) is 0 Å². The van der Waals surface area contributed by atoms with Crippen LogP contribution < -0.4 is 4.72 Å². The molecule has 4 nitrogen and oxygen atoms in total. The van der Waals surface area contributed by atoms with Gasteiger partial charge in [0.15, 0.2) is 0 Å². The van der Waals surface area contributed by atoms with Crippen molar-refractivity contribution in [3.8, 4) is 0 Å². The van der Waals surface area contributed by atoms with Crippen molar-refractivity contribution in [1.29, 1.82) is 0 Å². The van der Waals surface area contributed by atoms with Crippen molar-refractivity contribution in [3.05, 3.63) is 28.8 Å². The third-order valence-corrected chi connectivity index (χ3v) is 4.71. The molecule has 0 saturated carbocycles. The maximum Gasteiger partial charge on any atom is 0.441 e. The second-order valence-corrected chi connectivity index (χ2v) is 6.94. The fraction of sp³-hybridized carbons (Fsp3) is 0.400. The van der Waals surface area contributed by atoms with Crippen LogP contribution in [-0.4, -0.2) is 31.3 Å². The molecule has 0 aromatic heterocycles. The Labute approximate surface area is 123 Å². The maximum atomic E-state index is 11.9. The van der Waals surface area contributed by atoms with Gasteiger partial charge in [0, 0.05) is 17.3 Å². The molecule has 0 aliphatic heterocycles. The molecule has 1 aromatic carbocycles. The number of nitrogens with one attached hydrogen (secondary N) is 1. The molecule has 10 heteroatoms. The van der Waals surface area contributed by atoms with Crippen molar-refractivity contribution in [2.75, 3.05) is 12.3 Å². The van der Waals surface area contributed by atoms with Gasteiger partial charge in [0.1, 0.15) is 0 Å². The van der Waals surface area contributed by atoms with E-state index in [0.29, 0.717) is 5.56 Å². The molecular formula is C10H11ClF3NO3S2. The van der Waals surface area contributed by atoms with Crippen LogP contribution in [0.5, 0.6) is 0 Å². The lowest BCUT2D eigenvalue weighted by Crippen LogP contribution is -2.26. The topological polar surface area (TPSA) is 66.4 Å². The predicted molar refractivity (Wildman–Crippen MR) is 71.1 cm³/mol. The molecule has 2 N–H and O–H groups in total. The summed E-state index contributed by atoms with van der Waals surface area (Å²) in [4.78, 5) is -0.170. The van der Waals surface area contributed by atoms with Crippen LogP contribution in [0, 0.1) is 0 Å². The molecule has 114 valence electrons. The molecule has 0 amide bonds. The number of hydrogen-bond donors (Lipinski definition) is 2. The molecule has 0 fully saturated rings. The van der Waals surface area contributed by atoms with Crippen LogP contribution >= 0.6 is 23.4 Å². The largest absolute Gasteiger partial charge is 0.441 e. The second-order valence-electron chi connectivity index (χ2n) is 3.60. The van der Waals surface area contributed by atoms with Crippen molar-refractivity contribution < 1.29 is 26.7 Å². The van der Waals surface area contributed by atoms with Gasteiger partial charge in [-0.1, -0.05) is 17.7 Å². The lowest BCUT2D eigenvalue weighted by molar-refractivity contribution is -0.0327. The summed E-state index contributed by atoms with van der Waals surface area (Å²) >= 11 is 5.44. The first-order chi connectivity index (χ1) is 9.15. The number of alkyl halides is 3. The standard InChI is InChI=1S/C10H11ClF3NO3S2/c11-9-5-8(2-1-7(9)6-16)20(17,18)15-3-4-19-10(12,13)14/h1-2,5,15-16H,3-4,6H2. The van der Waals surface area contributed by atoms with Crippen LogP contribution in [0.1, 0.15) is 5.56 Å². The zero-order chi connectivity index (χ0) is 15.4. The number of benzene rings is 1. The third kappa shape index (κ3) is 5.49. The van der Waals surface area contributed by atoms with Gasteiger partial charge in [0.2, 0.25) is 10.0 Å². The molecule has 0 radical (unpaired) electrons. The Morgan fingerprint density at radius 1 is 1.35 bits per heavy atom. The van der Waals surface area contributed by atoms with Gasteiger partial charge in [-0.2, -0.15) is 13.2 Å². The summed E-state index contributed by atoms with van der Waals surface area (Å²) in [7, 11) is -3.92. The van der Waals surface area contributed by atoms with E-state index in [9.17, 15) is 21.6 Å². The lowest BCUT2D eigenvalue weighted by Gasteiger charge is -2.09. The minimum Gasteiger partial charge on any atom is -0.392 e. The molecule has 0 bridgehead atoms. The number of sulfonamides is 1. The summed E-state index contributed by atoms with van der Waals surface area (Å²) in [5, 5.41) is 8.97. The Bertz CT molecular complexity index is 563. The Balaban J connectivity index is 2.67. The van der Waals surface area contributed by atoms with Crippen molar-refractivity contribution in [1.82, 2.24) is 4.72 Å². The van der Waals surface area contributed by atoms with Crippen LogP contribution in [-0.2, 0) is 16.6 Å². The minimum absolute atomic E-state index is 0.0695. The lowest BCUT2D eigenvalue weighted by atomic mass is 10.2. The maximum absolute atomic E-state index is 11.9. The molecule has 0 heterocycles. The van der Waals surface area contributed by atoms with Crippen molar-refractivity contribution in [3.63, 3.8) is 0 Å². The molecule has 0 aliphatic carbocycles. The summed E-state index contributed by atoms with van der Waals surface area (Å²) in [6.45, 7) is -0.694. The quantitative estimate of drug-likeness (QED) is 0.774. The summed E-state index contributed by atoms with van der Waals surface area (Å²) in [5.41, 5.74) is -4.03. The van der Waals surface area contributed by atoms with E-state index >= 15 is 0 Å². The summed E-state index contributed by atoms with van der Waals surface area (Å²) in [5.74, 6) is -0.425. The van der Waals surface area contributed by atoms with Crippen molar-refractivity contribution in [2.24, 2.45) is 0 Å². The zero-order valence-electron chi connectivity index (χ0n) is 9.95. The van der Waals surface area contributed by atoms with Crippen LogP contribution in [0.25, 0.3) is 0 Å². The Morgan fingerprint density at radius 2 is 2.00 bits per heavy atom. The first-order valence-corrected chi connectivity index (χ1v) is 8.10. The second kappa shape index (κ2) is 6.99. The zero-order valence-corrected chi connectivity index (χ0v) is 12.3. The van der Waals surface area contributed by atoms with E-state index in [4.69, 9.17) is 16.7 Å². The van der Waals surface area contributed by atoms with Gasteiger partial charge >= 0.3 is 5.51 Å². The van der Waals surface area contributed by atoms with Gasteiger partial charge in [-0.25, -0.2) is 13.1 Å². The SMILES string of the molecule is O=S(=O)(NCCSC(F)(F)F)c1ccc(CO)c(Cl)c1. The van der Waals surface area contributed by atoms with E-state index in [2.05, 4.69) is 0 Å². The van der Waals surface area contributed by atoms with E-state index < -0.39 is 21.3 Å². The fourth-order valence-electron chi connectivity index (χ4n) is 1.25. The average Bonchev–Trinajstić information content (AvgIpc) is 2.33. The van der Waals surface area contributed by atoms with Gasteiger partial charge < -0.3 is 5.11 Å². The first-order valence-electron chi connectivity index (χ1n) is 5.25. The summed E-state index contributed by atoms with van der Waals surface area (Å²) < 4.78 is 61.3. The number of hydrogen-bond acceptors (Lipinski definition) is 4. The van der Waals surface area contributed by atoms with Gasteiger partial charge in [0.25, 0.3) is 0 Å². The van der Waals surface area contributed by atoms with Gasteiger partial charge in [-0.15, -0.1) is 0 Å². The highest BCUT2D eigenvalue weighted by Gasteiger charge is 2.27. The van der Waals surface area contributed by atoms with Crippen LogP contribution in [0.15, 0.2) is 23.1 Å². The number of halogens is 4. The molecule has 20 heavy (non-hydrogen) atoms. The highest BCUT2D eigenvalue weighted by atomic mass is 35.5. The van der Waals surface area contributed by atoms with Gasteiger partial charge in [0.05, 0.1) is 11.5 Å². The molecule has 0 unspecified atom stereocenters. The smallest absolute Gasteiger partial charge is 0.392 e. The first kappa shape index (κ1) is 17.6. The molecule has 0 aliphatic rings. The molecule has 0 atom stereocenters. The summed E-state index contributed by atoms with van der Waals surface area (Å²) in [6, 6.07) is 3.68. The van der Waals surface area contributed by atoms with E-state index in [1.54, 1.807) is 0 Å². The van der Waals surface area contributed by atoms with E-state index in [0.717, 1.165) is 6.07 Å². The van der Waals surface area contributed by atoms with Crippen LogP contribution in [0.2, 0.25) is 5.02 Å². The molecule has 1 aromatic rings. The number of aliphatic hydroxyl groups excluding tert-OH is 1. The van der Waals surface area contributed by atoms with Crippen LogP contribution in [0.3, 0.4) is 0 Å². The molecule has 0 spiro atoms. The molecule has 1 rings (SSSR count). The summed E-state index contributed by atoms with van der Waals surface area (Å²) in [6.07, 6.45) is 0. The van der Waals surface area contributed by atoms with Crippen molar-refractivity contribution >= 4 is 33.4 Å². The highest BCUT2D eigenvalue weighted by Crippen LogP contribution is 2.29. The fourth-order valence-corrected chi connectivity index (χ4v) is 3.18. The normalized spacial score (nSPS) is 12.7. The third-order valence-electron chi connectivity index (χ3n) is 2.17. The number of rotatable bonds is 6. The number of aliphatic hydroxyl groups is 1. The van der Waals surface area contributed by atoms with Crippen LogP contribution in [0.4, 0.5) is 13.2 Å². The minimum atomic E-state index is -4.39. The van der Waals surface area contributed by atoms with Gasteiger partial charge in [-0.05, 0) is 29.5 Å². The van der Waals surface area contributed by atoms with E-state index in [-0.39, 0.29) is 34.8 Å².